The lowest BCUT2D eigenvalue weighted by atomic mass is 10.1. The lowest BCUT2D eigenvalue weighted by Gasteiger charge is -2.26. The van der Waals surface area contributed by atoms with Gasteiger partial charge in [-0.05, 0) is 45.4 Å². The molecule has 1 heterocycles. The monoisotopic (exact) mass is 227 g/mol. The lowest BCUT2D eigenvalue weighted by Crippen LogP contribution is -2.38. The van der Waals surface area contributed by atoms with Crippen molar-refractivity contribution in [3.8, 4) is 0 Å². The Bertz CT molecular complexity index is 180. The predicted molar refractivity (Wildman–Crippen MR) is 70.6 cm³/mol. The Morgan fingerprint density at radius 3 is 2.56 bits per heavy atom. The molecule has 0 amide bonds. The van der Waals surface area contributed by atoms with Gasteiger partial charge < -0.3 is 10.6 Å². The van der Waals surface area contributed by atoms with Crippen molar-refractivity contribution in [3.05, 3.63) is 0 Å². The van der Waals surface area contributed by atoms with Crippen LogP contribution in [0.25, 0.3) is 0 Å². The minimum atomic E-state index is 0.396. The number of rotatable bonds is 7. The maximum Gasteiger partial charge on any atom is 0.0235 e. The predicted octanol–water partition coefficient (Wildman–Crippen LogP) is 1.53. The third-order valence-corrected chi connectivity index (χ3v) is 3.92. The van der Waals surface area contributed by atoms with E-state index in [1.807, 2.05) is 0 Å². The molecule has 0 aromatic rings. The van der Waals surface area contributed by atoms with Crippen LogP contribution in [0.3, 0.4) is 0 Å². The van der Waals surface area contributed by atoms with Gasteiger partial charge in [0.1, 0.15) is 0 Å². The number of likely N-dealkylation sites (tertiary alicyclic amines) is 1. The molecule has 1 aliphatic rings. The van der Waals surface area contributed by atoms with Gasteiger partial charge in [0, 0.05) is 18.6 Å². The first kappa shape index (κ1) is 13.9. The SMILES string of the molecule is CCC(N)CCN1CCC(N(CC)CC)C1. The molecule has 1 rings (SSSR count). The Hall–Kier alpha value is -0.120. The zero-order valence-electron chi connectivity index (χ0n) is 11.3. The van der Waals surface area contributed by atoms with Gasteiger partial charge in [-0.2, -0.15) is 0 Å². The third kappa shape index (κ3) is 4.04. The molecule has 0 aromatic carbocycles. The van der Waals surface area contributed by atoms with Crippen LogP contribution in [0.2, 0.25) is 0 Å². The minimum Gasteiger partial charge on any atom is -0.328 e. The van der Waals surface area contributed by atoms with Crippen LogP contribution in [0.4, 0.5) is 0 Å². The molecule has 1 fully saturated rings. The highest BCUT2D eigenvalue weighted by molar-refractivity contribution is 4.83. The molecule has 1 aliphatic heterocycles. The van der Waals surface area contributed by atoms with Crippen molar-refractivity contribution in [2.75, 3.05) is 32.7 Å². The molecule has 0 aromatic heterocycles. The molecular formula is C13H29N3. The Morgan fingerprint density at radius 1 is 1.31 bits per heavy atom. The molecule has 1 saturated heterocycles. The van der Waals surface area contributed by atoms with Crippen LogP contribution in [0.1, 0.15) is 40.0 Å². The second-order valence-electron chi connectivity index (χ2n) is 4.92. The van der Waals surface area contributed by atoms with Crippen molar-refractivity contribution in [2.24, 2.45) is 5.73 Å². The molecule has 2 N–H and O–H groups in total. The van der Waals surface area contributed by atoms with E-state index in [4.69, 9.17) is 5.73 Å². The van der Waals surface area contributed by atoms with E-state index >= 15 is 0 Å². The molecule has 2 unspecified atom stereocenters. The lowest BCUT2D eigenvalue weighted by molar-refractivity contribution is 0.209. The van der Waals surface area contributed by atoms with E-state index < -0.39 is 0 Å². The first-order chi connectivity index (χ1) is 7.71. The Kier molecular flexibility index (Phi) is 6.32. The molecule has 0 saturated carbocycles. The minimum absolute atomic E-state index is 0.396. The van der Waals surface area contributed by atoms with Gasteiger partial charge >= 0.3 is 0 Å². The average Bonchev–Trinajstić information content (AvgIpc) is 2.76. The van der Waals surface area contributed by atoms with Gasteiger partial charge in [0.15, 0.2) is 0 Å². The molecule has 3 heteroatoms. The van der Waals surface area contributed by atoms with E-state index in [2.05, 4.69) is 30.6 Å². The van der Waals surface area contributed by atoms with Crippen LogP contribution in [0, 0.1) is 0 Å². The van der Waals surface area contributed by atoms with E-state index in [9.17, 15) is 0 Å². The van der Waals surface area contributed by atoms with Crippen molar-refractivity contribution in [2.45, 2.75) is 52.1 Å². The Morgan fingerprint density at radius 2 is 2.00 bits per heavy atom. The summed E-state index contributed by atoms with van der Waals surface area (Å²) in [6, 6.07) is 1.18. The largest absolute Gasteiger partial charge is 0.328 e. The highest BCUT2D eigenvalue weighted by Crippen LogP contribution is 2.15. The van der Waals surface area contributed by atoms with Crippen molar-refractivity contribution in [1.82, 2.24) is 9.80 Å². The van der Waals surface area contributed by atoms with Gasteiger partial charge in [-0.1, -0.05) is 20.8 Å². The number of hydrogen-bond donors (Lipinski definition) is 1. The molecule has 3 nitrogen and oxygen atoms in total. The van der Waals surface area contributed by atoms with Crippen LogP contribution in [-0.4, -0.2) is 54.6 Å². The fraction of sp³-hybridized carbons (Fsp3) is 1.00. The van der Waals surface area contributed by atoms with Crippen LogP contribution in [0.15, 0.2) is 0 Å². The van der Waals surface area contributed by atoms with Crippen molar-refractivity contribution in [1.29, 1.82) is 0 Å². The molecule has 0 aliphatic carbocycles. The second kappa shape index (κ2) is 7.25. The third-order valence-electron chi connectivity index (χ3n) is 3.92. The van der Waals surface area contributed by atoms with Gasteiger partial charge in [0.05, 0.1) is 0 Å². The summed E-state index contributed by atoms with van der Waals surface area (Å²) in [7, 11) is 0. The van der Waals surface area contributed by atoms with Crippen LogP contribution >= 0.6 is 0 Å². The van der Waals surface area contributed by atoms with E-state index in [1.54, 1.807) is 0 Å². The fourth-order valence-corrected chi connectivity index (χ4v) is 2.61. The maximum atomic E-state index is 5.96. The first-order valence-electron chi connectivity index (χ1n) is 6.93. The average molecular weight is 227 g/mol. The highest BCUT2D eigenvalue weighted by Gasteiger charge is 2.25. The molecule has 0 radical (unpaired) electrons. The van der Waals surface area contributed by atoms with E-state index in [0.717, 1.165) is 18.9 Å². The Labute approximate surface area is 101 Å². The quantitative estimate of drug-likeness (QED) is 0.716. The summed E-state index contributed by atoms with van der Waals surface area (Å²) in [5.41, 5.74) is 5.96. The maximum absolute atomic E-state index is 5.96. The van der Waals surface area contributed by atoms with Crippen molar-refractivity contribution < 1.29 is 0 Å². The summed E-state index contributed by atoms with van der Waals surface area (Å²) in [5.74, 6) is 0. The molecule has 0 bridgehead atoms. The number of nitrogens with two attached hydrogens (primary N) is 1. The molecule has 16 heavy (non-hydrogen) atoms. The van der Waals surface area contributed by atoms with E-state index in [0.29, 0.717) is 6.04 Å². The highest BCUT2D eigenvalue weighted by atomic mass is 15.2. The topological polar surface area (TPSA) is 32.5 Å². The van der Waals surface area contributed by atoms with Gasteiger partial charge in [-0.25, -0.2) is 0 Å². The first-order valence-corrected chi connectivity index (χ1v) is 6.93. The van der Waals surface area contributed by atoms with Crippen LogP contribution in [-0.2, 0) is 0 Å². The molecule has 96 valence electrons. The van der Waals surface area contributed by atoms with Gasteiger partial charge in [0.2, 0.25) is 0 Å². The second-order valence-corrected chi connectivity index (χ2v) is 4.92. The zero-order chi connectivity index (χ0) is 12.0. The fourth-order valence-electron chi connectivity index (χ4n) is 2.61. The standard InChI is InChI=1S/C13H29N3/c1-4-12(14)7-9-15-10-8-13(11-15)16(5-2)6-3/h12-13H,4-11,14H2,1-3H3. The Balaban J connectivity index is 2.24. The summed E-state index contributed by atoms with van der Waals surface area (Å²) in [6.07, 6.45) is 3.60. The van der Waals surface area contributed by atoms with Crippen LogP contribution in [0.5, 0.6) is 0 Å². The van der Waals surface area contributed by atoms with E-state index in [1.165, 1.54) is 39.1 Å². The van der Waals surface area contributed by atoms with Gasteiger partial charge in [-0.3, -0.25) is 4.90 Å². The van der Waals surface area contributed by atoms with Gasteiger partial charge in [-0.15, -0.1) is 0 Å². The molecule has 2 atom stereocenters. The summed E-state index contributed by atoms with van der Waals surface area (Å²) in [4.78, 5) is 5.16. The summed E-state index contributed by atoms with van der Waals surface area (Å²) in [5, 5.41) is 0. The number of nitrogens with zero attached hydrogens (tertiary/aromatic N) is 2. The zero-order valence-corrected chi connectivity index (χ0v) is 11.3. The van der Waals surface area contributed by atoms with Gasteiger partial charge in [0.25, 0.3) is 0 Å². The summed E-state index contributed by atoms with van der Waals surface area (Å²) >= 11 is 0. The number of hydrogen-bond acceptors (Lipinski definition) is 3. The molecule has 0 spiro atoms. The summed E-state index contributed by atoms with van der Waals surface area (Å²) < 4.78 is 0. The van der Waals surface area contributed by atoms with Crippen molar-refractivity contribution in [3.63, 3.8) is 0 Å². The summed E-state index contributed by atoms with van der Waals surface area (Å²) in [6.45, 7) is 12.8. The van der Waals surface area contributed by atoms with Crippen molar-refractivity contribution >= 4 is 0 Å². The smallest absolute Gasteiger partial charge is 0.0235 e. The van der Waals surface area contributed by atoms with Crippen LogP contribution < -0.4 is 5.73 Å². The molecular weight excluding hydrogens is 198 g/mol. The normalized spacial score (nSPS) is 24.2. The number of likely N-dealkylation sites (N-methyl/N-ethyl adjacent to an activating group) is 1. The van der Waals surface area contributed by atoms with E-state index in [-0.39, 0.29) is 0 Å².